The molecule has 0 aliphatic carbocycles. The average molecular weight is 253 g/mol. The van der Waals surface area contributed by atoms with E-state index in [9.17, 15) is 4.79 Å². The third kappa shape index (κ3) is 1.95. The summed E-state index contributed by atoms with van der Waals surface area (Å²) in [6.07, 6.45) is 0. The number of carboxylic acids is 1. The number of benzene rings is 1. The molecule has 0 aliphatic rings. The van der Waals surface area contributed by atoms with Crippen molar-refractivity contribution in [3.8, 4) is 5.82 Å². The maximum absolute atomic E-state index is 10.9. The number of nitrogens with zero attached hydrogens (tertiary/aromatic N) is 3. The van der Waals surface area contributed by atoms with Gasteiger partial charge in [-0.2, -0.15) is 5.10 Å². The van der Waals surface area contributed by atoms with Gasteiger partial charge in [-0.05, 0) is 31.2 Å². The Labute approximate surface area is 109 Å². The summed E-state index contributed by atoms with van der Waals surface area (Å²) in [6.45, 7) is 1.80. The maximum atomic E-state index is 10.9. The largest absolute Gasteiger partial charge is 0.476 e. The predicted molar refractivity (Wildman–Crippen MR) is 70.6 cm³/mol. The second-order valence-electron chi connectivity index (χ2n) is 4.25. The van der Waals surface area contributed by atoms with Gasteiger partial charge in [0.2, 0.25) is 0 Å². The van der Waals surface area contributed by atoms with Crippen molar-refractivity contribution in [3.63, 3.8) is 0 Å². The number of pyridine rings is 1. The molecule has 0 saturated heterocycles. The van der Waals surface area contributed by atoms with Gasteiger partial charge in [-0.1, -0.05) is 18.2 Å². The highest BCUT2D eigenvalue weighted by Crippen LogP contribution is 2.16. The molecule has 3 aromatic rings. The number of aromatic carboxylic acids is 1. The quantitative estimate of drug-likeness (QED) is 0.761. The zero-order chi connectivity index (χ0) is 13.4. The minimum Gasteiger partial charge on any atom is -0.476 e. The van der Waals surface area contributed by atoms with E-state index in [2.05, 4.69) is 10.1 Å². The number of fused-ring (bicyclic) bond motifs is 1. The molecule has 1 N–H and O–H groups in total. The van der Waals surface area contributed by atoms with Crippen LogP contribution < -0.4 is 0 Å². The third-order valence-electron chi connectivity index (χ3n) is 2.91. The smallest absolute Gasteiger partial charge is 0.356 e. The van der Waals surface area contributed by atoms with Crippen molar-refractivity contribution in [2.75, 3.05) is 0 Å². The normalized spacial score (nSPS) is 10.8. The zero-order valence-corrected chi connectivity index (χ0v) is 10.2. The lowest BCUT2D eigenvalue weighted by Gasteiger charge is -2.04. The fraction of sp³-hybridized carbons (Fsp3) is 0.0714. The monoisotopic (exact) mass is 253 g/mol. The SMILES string of the molecule is Cc1cc(C(=O)O)nn1-c1ccc2ccccc2n1. The molecule has 2 aromatic heterocycles. The zero-order valence-electron chi connectivity index (χ0n) is 10.2. The Balaban J connectivity index is 2.16. The van der Waals surface area contributed by atoms with Crippen LogP contribution in [0.25, 0.3) is 16.7 Å². The fourth-order valence-corrected chi connectivity index (χ4v) is 1.98. The predicted octanol–water partition coefficient (Wildman–Crippen LogP) is 2.43. The van der Waals surface area contributed by atoms with Crippen molar-refractivity contribution < 1.29 is 9.90 Å². The molecule has 0 saturated carbocycles. The number of aromatic nitrogens is 3. The number of carbonyl (C=O) groups is 1. The molecule has 1 aromatic carbocycles. The minimum absolute atomic E-state index is 0.0208. The van der Waals surface area contributed by atoms with Gasteiger partial charge >= 0.3 is 5.97 Å². The summed E-state index contributed by atoms with van der Waals surface area (Å²) in [7, 11) is 0. The lowest BCUT2D eigenvalue weighted by molar-refractivity contribution is 0.0690. The van der Waals surface area contributed by atoms with Gasteiger partial charge in [0, 0.05) is 11.1 Å². The van der Waals surface area contributed by atoms with Crippen LogP contribution in [0.3, 0.4) is 0 Å². The minimum atomic E-state index is -1.04. The lowest BCUT2D eigenvalue weighted by atomic mass is 10.2. The number of hydrogen-bond acceptors (Lipinski definition) is 3. The van der Waals surface area contributed by atoms with Gasteiger partial charge in [0.15, 0.2) is 11.5 Å². The van der Waals surface area contributed by atoms with E-state index in [1.165, 1.54) is 10.7 Å². The van der Waals surface area contributed by atoms with E-state index in [4.69, 9.17) is 5.11 Å². The first-order valence-corrected chi connectivity index (χ1v) is 5.81. The van der Waals surface area contributed by atoms with Gasteiger partial charge in [-0.15, -0.1) is 0 Å². The molecular formula is C14H11N3O2. The summed E-state index contributed by atoms with van der Waals surface area (Å²) >= 11 is 0. The van der Waals surface area contributed by atoms with E-state index in [-0.39, 0.29) is 5.69 Å². The summed E-state index contributed by atoms with van der Waals surface area (Å²) in [5, 5.41) is 14.0. The molecule has 2 heterocycles. The van der Waals surface area contributed by atoms with Crippen LogP contribution in [0.4, 0.5) is 0 Å². The van der Waals surface area contributed by atoms with E-state index in [1.54, 1.807) is 6.92 Å². The highest BCUT2D eigenvalue weighted by molar-refractivity contribution is 5.85. The molecule has 0 aliphatic heterocycles. The second-order valence-corrected chi connectivity index (χ2v) is 4.25. The molecule has 0 spiro atoms. The van der Waals surface area contributed by atoms with Crippen molar-refractivity contribution in [2.45, 2.75) is 6.92 Å². The van der Waals surface area contributed by atoms with Crippen LogP contribution in [-0.4, -0.2) is 25.8 Å². The van der Waals surface area contributed by atoms with Gasteiger partial charge in [0.25, 0.3) is 0 Å². The Morgan fingerprint density at radius 2 is 2.00 bits per heavy atom. The van der Waals surface area contributed by atoms with Crippen molar-refractivity contribution in [1.29, 1.82) is 0 Å². The van der Waals surface area contributed by atoms with Crippen LogP contribution in [0.5, 0.6) is 0 Å². The van der Waals surface area contributed by atoms with Gasteiger partial charge in [-0.25, -0.2) is 14.5 Å². The first kappa shape index (κ1) is 11.4. The van der Waals surface area contributed by atoms with Gasteiger partial charge in [0.05, 0.1) is 5.52 Å². The van der Waals surface area contributed by atoms with E-state index in [0.29, 0.717) is 5.82 Å². The highest BCUT2D eigenvalue weighted by atomic mass is 16.4. The van der Waals surface area contributed by atoms with Crippen molar-refractivity contribution in [3.05, 3.63) is 53.9 Å². The highest BCUT2D eigenvalue weighted by Gasteiger charge is 2.12. The van der Waals surface area contributed by atoms with Crippen LogP contribution in [0.15, 0.2) is 42.5 Å². The Bertz CT molecular complexity index is 777. The standard InChI is InChI=1S/C14H11N3O2/c1-9-8-12(14(18)19)16-17(9)13-7-6-10-4-2-3-5-11(10)15-13/h2-8H,1H3,(H,18,19). The Kier molecular flexibility index (Phi) is 2.52. The molecule has 0 radical (unpaired) electrons. The molecule has 0 atom stereocenters. The number of rotatable bonds is 2. The summed E-state index contributed by atoms with van der Waals surface area (Å²) in [4.78, 5) is 15.4. The summed E-state index contributed by atoms with van der Waals surface area (Å²) < 4.78 is 1.54. The van der Waals surface area contributed by atoms with Crippen LogP contribution in [0.2, 0.25) is 0 Å². The van der Waals surface area contributed by atoms with Crippen molar-refractivity contribution >= 4 is 16.9 Å². The summed E-state index contributed by atoms with van der Waals surface area (Å²) in [5.74, 6) is -0.425. The van der Waals surface area contributed by atoms with Crippen LogP contribution >= 0.6 is 0 Å². The molecule has 3 rings (SSSR count). The van der Waals surface area contributed by atoms with Gasteiger partial charge in [-0.3, -0.25) is 0 Å². The molecule has 0 bridgehead atoms. The van der Waals surface area contributed by atoms with E-state index >= 15 is 0 Å². The third-order valence-corrected chi connectivity index (χ3v) is 2.91. The average Bonchev–Trinajstić information content (AvgIpc) is 2.80. The van der Waals surface area contributed by atoms with Gasteiger partial charge < -0.3 is 5.11 Å². The Morgan fingerprint density at radius 1 is 1.21 bits per heavy atom. The molecular weight excluding hydrogens is 242 g/mol. The van der Waals surface area contributed by atoms with E-state index < -0.39 is 5.97 Å². The topological polar surface area (TPSA) is 68.0 Å². The molecule has 5 nitrogen and oxygen atoms in total. The number of hydrogen-bond donors (Lipinski definition) is 1. The second kappa shape index (κ2) is 4.20. The van der Waals surface area contributed by atoms with Crippen molar-refractivity contribution in [1.82, 2.24) is 14.8 Å². The Morgan fingerprint density at radius 3 is 2.74 bits per heavy atom. The van der Waals surface area contributed by atoms with E-state index in [0.717, 1.165) is 16.6 Å². The lowest BCUT2D eigenvalue weighted by Crippen LogP contribution is -2.04. The van der Waals surface area contributed by atoms with Crippen molar-refractivity contribution in [2.24, 2.45) is 0 Å². The van der Waals surface area contributed by atoms with Crippen LogP contribution in [0.1, 0.15) is 16.2 Å². The van der Waals surface area contributed by atoms with Crippen LogP contribution in [0, 0.1) is 6.92 Å². The molecule has 0 amide bonds. The molecule has 0 fully saturated rings. The Hall–Kier alpha value is -2.69. The van der Waals surface area contributed by atoms with Crippen LogP contribution in [-0.2, 0) is 0 Å². The first-order valence-electron chi connectivity index (χ1n) is 5.81. The molecule has 19 heavy (non-hydrogen) atoms. The van der Waals surface area contributed by atoms with Gasteiger partial charge in [0.1, 0.15) is 0 Å². The molecule has 5 heteroatoms. The maximum Gasteiger partial charge on any atom is 0.356 e. The molecule has 94 valence electrons. The van der Waals surface area contributed by atoms with E-state index in [1.807, 2.05) is 36.4 Å². The number of aryl methyl sites for hydroxylation is 1. The molecule has 0 unspecified atom stereocenters. The fourth-order valence-electron chi connectivity index (χ4n) is 1.98. The first-order chi connectivity index (χ1) is 9.15. The number of carboxylic acid groups (broad SMARTS) is 1. The summed E-state index contributed by atoms with van der Waals surface area (Å²) in [6, 6.07) is 13.1. The summed E-state index contributed by atoms with van der Waals surface area (Å²) in [5.41, 5.74) is 1.61. The number of para-hydroxylation sites is 1.